The summed E-state index contributed by atoms with van der Waals surface area (Å²) in [6.07, 6.45) is 3.66. The summed E-state index contributed by atoms with van der Waals surface area (Å²) < 4.78 is 30.6. The quantitative estimate of drug-likeness (QED) is 0.418. The van der Waals surface area contributed by atoms with E-state index in [-0.39, 0.29) is 0 Å². The number of nitrogens with zero attached hydrogens (tertiary/aromatic N) is 4. The Morgan fingerprint density at radius 2 is 1.88 bits per heavy atom. The number of benzene rings is 2. The first-order valence-electron chi connectivity index (χ1n) is 10.1. The van der Waals surface area contributed by atoms with Gasteiger partial charge in [0.15, 0.2) is 5.52 Å². The number of imidazole rings is 1. The predicted molar refractivity (Wildman–Crippen MR) is 102 cm³/mol. The molecule has 0 amide bonds. The Morgan fingerprint density at radius 1 is 1.04 bits per heavy atom. The third-order valence-corrected chi connectivity index (χ3v) is 5.26. The molecule has 1 aliphatic rings. The zero-order valence-corrected chi connectivity index (χ0v) is 13.9. The number of pyridine rings is 1. The average Bonchev–Trinajstić information content (AvgIpc) is 3.34. The smallest absolute Gasteiger partial charge is 0.264 e. The zero-order valence-electron chi connectivity index (χ0n) is 16.9. The Bertz CT molecular complexity index is 1410. The maximum atomic E-state index is 8.25. The van der Waals surface area contributed by atoms with Crippen molar-refractivity contribution >= 4 is 22.1 Å². The largest absolute Gasteiger partial charge is 0.270 e. The number of fused-ring (bicyclic) bond motifs is 7. The minimum Gasteiger partial charge on any atom is -0.264 e. The summed E-state index contributed by atoms with van der Waals surface area (Å²) >= 11 is 0. The Kier molecular flexibility index (Phi) is 2.09. The van der Waals surface area contributed by atoms with Gasteiger partial charge in [0.1, 0.15) is 11.2 Å². The van der Waals surface area contributed by atoms with Gasteiger partial charge in [0.2, 0.25) is 5.82 Å². The van der Waals surface area contributed by atoms with Gasteiger partial charge in [-0.05, 0) is 30.3 Å². The number of aromatic nitrogens is 4. The molecular weight excluding hydrogens is 320 g/mol. The van der Waals surface area contributed by atoms with Crippen molar-refractivity contribution in [1.82, 2.24) is 14.1 Å². The second-order valence-electron chi connectivity index (χ2n) is 6.64. The van der Waals surface area contributed by atoms with Crippen molar-refractivity contribution in [2.75, 3.05) is 0 Å². The first-order chi connectivity index (χ1) is 14.1. The molecule has 0 aliphatic carbocycles. The highest BCUT2D eigenvalue weighted by atomic mass is 15.3. The molecule has 4 heteroatoms. The van der Waals surface area contributed by atoms with Crippen LogP contribution >= 0.6 is 0 Å². The zero-order chi connectivity index (χ0) is 19.8. The minimum absolute atomic E-state index is 0.598. The van der Waals surface area contributed by atoms with Crippen LogP contribution < -0.4 is 4.57 Å². The fraction of sp³-hybridized carbons (Fsp3) is 0.0909. The van der Waals surface area contributed by atoms with Gasteiger partial charge in [-0.15, -0.1) is 0 Å². The fourth-order valence-electron chi connectivity index (χ4n) is 4.19. The maximum Gasteiger partial charge on any atom is 0.270 e. The van der Waals surface area contributed by atoms with Gasteiger partial charge in [-0.3, -0.25) is 9.55 Å². The summed E-state index contributed by atoms with van der Waals surface area (Å²) in [6.45, 7) is -1.70. The lowest BCUT2D eigenvalue weighted by atomic mass is 10.1. The van der Waals surface area contributed by atoms with Gasteiger partial charge < -0.3 is 0 Å². The molecule has 0 saturated heterocycles. The molecule has 26 heavy (non-hydrogen) atoms. The standard InChI is InChI=1S/C22H17N4/c1-24-19-10-6-5-9-18(19)20-22(24)25-14-15-13-23-12-11-17(15)21(25)26(20)16-7-3-2-4-8-16/h2-13H,14H2,1H3/q+1/i1D3. The highest BCUT2D eigenvalue weighted by Gasteiger charge is 2.36. The molecule has 2 aromatic carbocycles. The summed E-state index contributed by atoms with van der Waals surface area (Å²) in [6, 6.07) is 19.8. The summed E-state index contributed by atoms with van der Waals surface area (Å²) in [5, 5.41) is 0.931. The summed E-state index contributed by atoms with van der Waals surface area (Å²) in [7, 11) is 0. The van der Waals surface area contributed by atoms with Gasteiger partial charge in [-0.2, -0.15) is 0 Å². The highest BCUT2D eigenvalue weighted by molar-refractivity contribution is 6.05. The van der Waals surface area contributed by atoms with Crippen LogP contribution in [0, 0.1) is 0 Å². The molecule has 0 saturated carbocycles. The van der Waals surface area contributed by atoms with E-state index in [2.05, 4.69) is 26.3 Å². The van der Waals surface area contributed by atoms with Gasteiger partial charge >= 0.3 is 0 Å². The maximum absolute atomic E-state index is 8.25. The van der Waals surface area contributed by atoms with Gasteiger partial charge in [-0.1, -0.05) is 30.3 Å². The molecule has 5 aromatic rings. The van der Waals surface area contributed by atoms with E-state index in [1.165, 1.54) is 4.57 Å². The predicted octanol–water partition coefficient (Wildman–Crippen LogP) is 3.83. The van der Waals surface area contributed by atoms with E-state index in [1.54, 1.807) is 6.20 Å². The van der Waals surface area contributed by atoms with E-state index < -0.39 is 6.98 Å². The van der Waals surface area contributed by atoms with E-state index in [9.17, 15) is 0 Å². The molecule has 6 rings (SSSR count). The topological polar surface area (TPSA) is 26.6 Å². The molecule has 0 spiro atoms. The van der Waals surface area contributed by atoms with Crippen molar-refractivity contribution in [3.05, 3.63) is 78.6 Å². The molecule has 4 nitrogen and oxygen atoms in total. The van der Waals surface area contributed by atoms with Crippen LogP contribution in [0.15, 0.2) is 73.1 Å². The Morgan fingerprint density at radius 3 is 2.77 bits per heavy atom. The monoisotopic (exact) mass is 340 g/mol. The SMILES string of the molecule is [2H]C([2H])([2H])n1c2ccccc2c2c1[n+]1c(n2-c2ccccc2)-c2ccncc2C1. The number of aryl methyl sites for hydroxylation is 1. The fourth-order valence-corrected chi connectivity index (χ4v) is 4.19. The van der Waals surface area contributed by atoms with Crippen LogP contribution in [-0.2, 0) is 13.5 Å². The van der Waals surface area contributed by atoms with E-state index in [0.717, 1.165) is 33.5 Å². The third-order valence-electron chi connectivity index (χ3n) is 5.26. The molecule has 0 radical (unpaired) electrons. The Balaban J connectivity index is 1.89. The lowest BCUT2D eigenvalue weighted by Gasteiger charge is -2.04. The van der Waals surface area contributed by atoms with Gasteiger partial charge in [0, 0.05) is 18.0 Å². The van der Waals surface area contributed by atoms with Crippen molar-refractivity contribution in [3.8, 4) is 17.1 Å². The van der Waals surface area contributed by atoms with E-state index >= 15 is 0 Å². The number of hydrogen-bond acceptors (Lipinski definition) is 1. The molecule has 0 bridgehead atoms. The molecule has 0 fully saturated rings. The molecular formula is C22H17N4+. The highest BCUT2D eigenvalue weighted by Crippen LogP contribution is 2.37. The Labute approximate surface area is 154 Å². The lowest BCUT2D eigenvalue weighted by Crippen LogP contribution is -2.33. The molecule has 0 N–H and O–H groups in total. The van der Waals surface area contributed by atoms with E-state index in [4.69, 9.17) is 4.11 Å². The van der Waals surface area contributed by atoms with E-state index in [1.807, 2.05) is 54.7 Å². The van der Waals surface area contributed by atoms with Crippen LogP contribution in [0.3, 0.4) is 0 Å². The van der Waals surface area contributed by atoms with Gasteiger partial charge in [0.25, 0.3) is 5.65 Å². The minimum atomic E-state index is -2.29. The van der Waals surface area contributed by atoms with Crippen LogP contribution in [-0.4, -0.2) is 14.1 Å². The molecule has 4 heterocycles. The molecule has 124 valence electrons. The normalized spacial score (nSPS) is 14.8. The van der Waals surface area contributed by atoms with Gasteiger partial charge in [-0.25, -0.2) is 9.13 Å². The van der Waals surface area contributed by atoms with Crippen LogP contribution in [0.25, 0.3) is 39.1 Å². The molecule has 0 unspecified atom stereocenters. The molecule has 0 atom stereocenters. The van der Waals surface area contributed by atoms with Crippen LogP contribution in [0.4, 0.5) is 0 Å². The van der Waals surface area contributed by atoms with Crippen molar-refractivity contribution in [2.24, 2.45) is 6.98 Å². The van der Waals surface area contributed by atoms with Crippen molar-refractivity contribution < 1.29 is 8.68 Å². The number of para-hydroxylation sites is 2. The van der Waals surface area contributed by atoms with Crippen molar-refractivity contribution in [1.29, 1.82) is 0 Å². The average molecular weight is 340 g/mol. The van der Waals surface area contributed by atoms with Crippen LogP contribution in [0.2, 0.25) is 0 Å². The number of hydrogen-bond donors (Lipinski definition) is 0. The van der Waals surface area contributed by atoms with Crippen LogP contribution in [0.1, 0.15) is 9.68 Å². The first-order valence-corrected chi connectivity index (χ1v) is 8.62. The number of rotatable bonds is 1. The summed E-state index contributed by atoms with van der Waals surface area (Å²) in [4.78, 5) is 4.27. The summed E-state index contributed by atoms with van der Waals surface area (Å²) in [5.74, 6) is 0.988. The van der Waals surface area contributed by atoms with Gasteiger partial charge in [0.05, 0.1) is 28.6 Å². The van der Waals surface area contributed by atoms with Crippen molar-refractivity contribution in [2.45, 2.75) is 6.54 Å². The molecule has 1 aliphatic heterocycles. The van der Waals surface area contributed by atoms with E-state index in [0.29, 0.717) is 17.7 Å². The summed E-state index contributed by atoms with van der Waals surface area (Å²) in [5.41, 5.74) is 5.52. The lowest BCUT2D eigenvalue weighted by molar-refractivity contribution is -0.648. The van der Waals surface area contributed by atoms with Crippen molar-refractivity contribution in [3.63, 3.8) is 0 Å². The third kappa shape index (κ3) is 1.59. The van der Waals surface area contributed by atoms with Crippen LogP contribution in [0.5, 0.6) is 0 Å². The second-order valence-corrected chi connectivity index (χ2v) is 6.64. The molecule has 3 aromatic heterocycles. The Hall–Kier alpha value is -3.40. The first kappa shape index (κ1) is 11.3. The second kappa shape index (κ2) is 4.82.